The van der Waals surface area contributed by atoms with Crippen molar-refractivity contribution in [3.8, 4) is 0 Å². The van der Waals surface area contributed by atoms with Gasteiger partial charge in [0.2, 0.25) is 23.6 Å². The molecule has 1 aliphatic heterocycles. The van der Waals surface area contributed by atoms with Crippen LogP contribution in [0.5, 0.6) is 0 Å². The maximum atomic E-state index is 13.1. The Labute approximate surface area is 227 Å². The van der Waals surface area contributed by atoms with E-state index in [-0.39, 0.29) is 30.9 Å². The Bertz CT molecular complexity index is 1020. The fourth-order valence-electron chi connectivity index (χ4n) is 4.10. The van der Waals surface area contributed by atoms with Gasteiger partial charge in [0, 0.05) is 13.0 Å². The molecule has 1 saturated heterocycles. The number of nitrogens with zero attached hydrogens (tertiary/aromatic N) is 1. The number of carbonyl (C=O) groups is 6. The molecule has 12 heteroatoms. The first-order chi connectivity index (χ1) is 18.1. The van der Waals surface area contributed by atoms with Crippen LogP contribution in [0.15, 0.2) is 30.3 Å². The molecule has 0 spiro atoms. The van der Waals surface area contributed by atoms with Gasteiger partial charge in [0.15, 0.2) is 5.78 Å². The van der Waals surface area contributed by atoms with E-state index in [0.29, 0.717) is 19.4 Å². The number of esters is 1. The topological polar surface area (TPSA) is 151 Å². The van der Waals surface area contributed by atoms with Crippen LogP contribution in [-0.2, 0) is 39.9 Å². The Morgan fingerprint density at radius 1 is 1.00 bits per heavy atom. The van der Waals surface area contributed by atoms with E-state index in [1.54, 1.807) is 0 Å². The lowest BCUT2D eigenvalue weighted by atomic mass is 10.0. The molecule has 0 saturated carbocycles. The number of carbonyl (C=O) groups excluding carboxylic acids is 6. The first-order valence-corrected chi connectivity index (χ1v) is 13.0. The number of ether oxygens (including phenoxy) is 1. The van der Waals surface area contributed by atoms with Crippen molar-refractivity contribution in [1.82, 2.24) is 20.9 Å². The van der Waals surface area contributed by atoms with E-state index in [1.807, 2.05) is 30.3 Å². The minimum Gasteiger partial charge on any atom is -0.469 e. The third-order valence-corrected chi connectivity index (χ3v) is 6.51. The van der Waals surface area contributed by atoms with Gasteiger partial charge in [-0.05, 0) is 38.7 Å². The summed E-state index contributed by atoms with van der Waals surface area (Å²) in [4.78, 5) is 75.7. The third-order valence-electron chi connectivity index (χ3n) is 6.24. The number of likely N-dealkylation sites (tertiary alicyclic amines) is 1. The molecule has 1 heterocycles. The normalized spacial score (nSPS) is 17.1. The molecule has 1 fully saturated rings. The maximum absolute atomic E-state index is 13.1. The van der Waals surface area contributed by atoms with Crippen molar-refractivity contribution >= 4 is 47.0 Å². The van der Waals surface area contributed by atoms with Gasteiger partial charge in [0.05, 0.1) is 25.5 Å². The van der Waals surface area contributed by atoms with Crippen molar-refractivity contribution in [3.63, 3.8) is 0 Å². The lowest BCUT2D eigenvalue weighted by molar-refractivity contribution is -0.142. The van der Waals surface area contributed by atoms with Crippen LogP contribution in [0.4, 0.5) is 0 Å². The maximum Gasteiger partial charge on any atom is 0.306 e. The van der Waals surface area contributed by atoms with Crippen LogP contribution in [0.25, 0.3) is 0 Å². The molecular weight excluding hydrogens is 516 g/mol. The van der Waals surface area contributed by atoms with Gasteiger partial charge in [-0.2, -0.15) is 0 Å². The van der Waals surface area contributed by atoms with E-state index in [0.717, 1.165) is 5.56 Å². The number of halogens is 1. The molecule has 0 radical (unpaired) electrons. The zero-order chi connectivity index (χ0) is 28.2. The van der Waals surface area contributed by atoms with Crippen molar-refractivity contribution in [3.05, 3.63) is 35.9 Å². The Morgan fingerprint density at radius 3 is 2.32 bits per heavy atom. The molecule has 38 heavy (non-hydrogen) atoms. The molecular formula is C26H35ClN4O7. The SMILES string of the molecule is COC(=O)CCC(=O)N[C@H](C)C(=O)N[C@@H](C)C(=O)N1CCC[C@H]1C(=O)NC(Cc1ccccc1)C(=O)CCl. The Balaban J connectivity index is 1.95. The number of alkyl halides is 1. The summed E-state index contributed by atoms with van der Waals surface area (Å²) in [5.41, 5.74) is 0.860. The highest BCUT2D eigenvalue weighted by molar-refractivity contribution is 6.28. The van der Waals surface area contributed by atoms with Crippen LogP contribution in [0, 0.1) is 0 Å². The number of hydrogen-bond donors (Lipinski definition) is 3. The van der Waals surface area contributed by atoms with Crippen molar-refractivity contribution in [1.29, 1.82) is 0 Å². The van der Waals surface area contributed by atoms with Crippen LogP contribution < -0.4 is 16.0 Å². The lowest BCUT2D eigenvalue weighted by Crippen LogP contribution is -2.56. The standard InChI is InChI=1S/C26H35ClN4O7/c1-16(28-22(33)11-12-23(34)38-3)24(35)29-17(2)26(37)31-13-7-10-20(31)25(36)30-19(21(32)15-27)14-18-8-5-4-6-9-18/h4-6,8-9,16-17,19-20H,7,10-15H2,1-3H3,(H,28,33)(H,29,35)(H,30,36)/t16-,17+,19?,20+/m1/s1. The Morgan fingerprint density at radius 2 is 1.68 bits per heavy atom. The van der Waals surface area contributed by atoms with Crippen LogP contribution in [-0.4, -0.2) is 84.0 Å². The average molecular weight is 551 g/mol. The predicted molar refractivity (Wildman–Crippen MR) is 139 cm³/mol. The summed E-state index contributed by atoms with van der Waals surface area (Å²) in [5, 5.41) is 7.78. The van der Waals surface area contributed by atoms with E-state index in [2.05, 4.69) is 20.7 Å². The monoisotopic (exact) mass is 550 g/mol. The summed E-state index contributed by atoms with van der Waals surface area (Å²) in [6.45, 7) is 3.27. The van der Waals surface area contributed by atoms with E-state index in [1.165, 1.54) is 25.9 Å². The predicted octanol–water partition coefficient (Wildman–Crippen LogP) is 0.475. The smallest absolute Gasteiger partial charge is 0.306 e. The van der Waals surface area contributed by atoms with Gasteiger partial charge in [0.25, 0.3) is 0 Å². The first kappa shape index (κ1) is 30.8. The van der Waals surface area contributed by atoms with Gasteiger partial charge >= 0.3 is 5.97 Å². The summed E-state index contributed by atoms with van der Waals surface area (Å²) in [6, 6.07) is 5.67. The van der Waals surface area contributed by atoms with Gasteiger partial charge in [0.1, 0.15) is 18.1 Å². The van der Waals surface area contributed by atoms with Crippen LogP contribution in [0.2, 0.25) is 0 Å². The Kier molecular flexibility index (Phi) is 12.2. The fourth-order valence-corrected chi connectivity index (χ4v) is 4.29. The minimum absolute atomic E-state index is 0.118. The molecule has 1 aliphatic rings. The summed E-state index contributed by atoms with van der Waals surface area (Å²) in [6.07, 6.45) is 1.02. The second-order valence-corrected chi connectivity index (χ2v) is 9.40. The van der Waals surface area contributed by atoms with Crippen LogP contribution >= 0.6 is 11.6 Å². The van der Waals surface area contributed by atoms with Crippen molar-refractivity contribution in [2.24, 2.45) is 0 Å². The molecule has 2 rings (SSSR count). The molecule has 4 amide bonds. The third kappa shape index (κ3) is 9.13. The van der Waals surface area contributed by atoms with Gasteiger partial charge < -0.3 is 25.6 Å². The van der Waals surface area contributed by atoms with Crippen LogP contribution in [0.3, 0.4) is 0 Å². The van der Waals surface area contributed by atoms with Gasteiger partial charge in [-0.25, -0.2) is 0 Å². The molecule has 3 N–H and O–H groups in total. The summed E-state index contributed by atoms with van der Waals surface area (Å²) in [5.74, 6) is -3.14. The summed E-state index contributed by atoms with van der Waals surface area (Å²) >= 11 is 5.77. The fraction of sp³-hybridized carbons (Fsp3) is 0.538. The van der Waals surface area contributed by atoms with Crippen molar-refractivity contribution < 1.29 is 33.5 Å². The lowest BCUT2D eigenvalue weighted by Gasteiger charge is -2.29. The van der Waals surface area contributed by atoms with Gasteiger partial charge in [-0.1, -0.05) is 30.3 Å². The number of nitrogens with one attached hydrogen (secondary N) is 3. The minimum atomic E-state index is -0.963. The summed E-state index contributed by atoms with van der Waals surface area (Å²) in [7, 11) is 1.21. The Hall–Kier alpha value is -3.47. The quantitative estimate of drug-likeness (QED) is 0.238. The number of methoxy groups -OCH3 is 1. The van der Waals surface area contributed by atoms with Gasteiger partial charge in [-0.3, -0.25) is 28.8 Å². The second-order valence-electron chi connectivity index (χ2n) is 9.14. The summed E-state index contributed by atoms with van der Waals surface area (Å²) < 4.78 is 4.48. The molecule has 0 aromatic heterocycles. The first-order valence-electron chi connectivity index (χ1n) is 12.5. The molecule has 0 aliphatic carbocycles. The highest BCUT2D eigenvalue weighted by Crippen LogP contribution is 2.19. The molecule has 0 bridgehead atoms. The molecule has 4 atom stereocenters. The number of rotatable bonds is 13. The zero-order valence-corrected chi connectivity index (χ0v) is 22.6. The number of hydrogen-bond acceptors (Lipinski definition) is 7. The molecule has 11 nitrogen and oxygen atoms in total. The highest BCUT2D eigenvalue weighted by atomic mass is 35.5. The number of benzene rings is 1. The van der Waals surface area contributed by atoms with Crippen molar-refractivity contribution in [2.75, 3.05) is 19.5 Å². The molecule has 1 unspecified atom stereocenters. The van der Waals surface area contributed by atoms with Gasteiger partial charge in [-0.15, -0.1) is 11.6 Å². The highest BCUT2D eigenvalue weighted by Gasteiger charge is 2.38. The van der Waals surface area contributed by atoms with Crippen LogP contribution in [0.1, 0.15) is 45.1 Å². The molecule has 1 aromatic rings. The van der Waals surface area contributed by atoms with Crippen molar-refractivity contribution in [2.45, 2.75) is 70.1 Å². The second kappa shape index (κ2) is 15.1. The number of amides is 4. The molecule has 208 valence electrons. The van der Waals surface area contributed by atoms with E-state index >= 15 is 0 Å². The van der Waals surface area contributed by atoms with E-state index in [9.17, 15) is 28.8 Å². The molecule has 1 aromatic carbocycles. The average Bonchev–Trinajstić information content (AvgIpc) is 3.41. The number of Topliss-reactive ketones (excluding diaryl/α,β-unsaturated/α-hetero) is 1. The zero-order valence-electron chi connectivity index (χ0n) is 21.8. The van der Waals surface area contributed by atoms with E-state index < -0.39 is 53.8 Å². The largest absolute Gasteiger partial charge is 0.469 e. The van der Waals surface area contributed by atoms with E-state index in [4.69, 9.17) is 11.6 Å². The number of ketones is 1.